The Morgan fingerprint density at radius 1 is 1.27 bits per heavy atom. The molecule has 56 valence electrons. The first-order valence-corrected chi connectivity index (χ1v) is 3.75. The second-order valence-corrected chi connectivity index (χ2v) is 2.67. The predicted octanol–water partition coefficient (Wildman–Crippen LogP) is 2.31. The highest BCUT2D eigenvalue weighted by molar-refractivity contribution is 5.24. The van der Waals surface area contributed by atoms with Crippen molar-refractivity contribution in [1.82, 2.24) is 0 Å². The number of hydrogen-bond donors (Lipinski definition) is 0. The molecule has 0 aliphatic carbocycles. The summed E-state index contributed by atoms with van der Waals surface area (Å²) in [5.74, 6) is 0. The van der Waals surface area contributed by atoms with Crippen molar-refractivity contribution < 1.29 is 4.74 Å². The van der Waals surface area contributed by atoms with Gasteiger partial charge in [0.05, 0.1) is 0 Å². The van der Waals surface area contributed by atoms with E-state index >= 15 is 0 Å². The molecular formula is C10H10O. The summed E-state index contributed by atoms with van der Waals surface area (Å²) in [6, 6.07) is 10.2. The van der Waals surface area contributed by atoms with Gasteiger partial charge < -0.3 is 4.74 Å². The molecule has 0 aromatic heterocycles. The second kappa shape index (κ2) is 2.51. The van der Waals surface area contributed by atoms with E-state index in [1.54, 1.807) is 0 Å². The van der Waals surface area contributed by atoms with E-state index < -0.39 is 0 Å². The third-order valence-electron chi connectivity index (χ3n) is 1.89. The Hall–Kier alpha value is -1.08. The van der Waals surface area contributed by atoms with Crippen LogP contribution in [0, 0.1) is 0 Å². The van der Waals surface area contributed by atoms with E-state index in [1.165, 1.54) is 5.56 Å². The molecule has 1 aliphatic heterocycles. The van der Waals surface area contributed by atoms with E-state index in [-0.39, 0.29) is 12.2 Å². The zero-order valence-corrected chi connectivity index (χ0v) is 6.23. The Bertz CT molecular complexity index is 253. The second-order valence-electron chi connectivity index (χ2n) is 2.67. The maximum absolute atomic E-state index is 5.33. The molecule has 2 atom stereocenters. The van der Waals surface area contributed by atoms with Gasteiger partial charge in [-0.25, -0.2) is 0 Å². The summed E-state index contributed by atoms with van der Waals surface area (Å²) in [4.78, 5) is 0. The van der Waals surface area contributed by atoms with Crippen molar-refractivity contribution in [2.45, 2.75) is 12.2 Å². The molecule has 0 spiro atoms. The Morgan fingerprint density at radius 3 is 2.55 bits per heavy atom. The van der Waals surface area contributed by atoms with E-state index in [4.69, 9.17) is 4.74 Å². The summed E-state index contributed by atoms with van der Waals surface area (Å²) in [6.07, 6.45) is 2.36. The van der Waals surface area contributed by atoms with Crippen molar-refractivity contribution in [3.05, 3.63) is 48.6 Å². The van der Waals surface area contributed by atoms with Crippen LogP contribution in [0.1, 0.15) is 11.7 Å². The quantitative estimate of drug-likeness (QED) is 0.460. The van der Waals surface area contributed by atoms with Gasteiger partial charge in [-0.05, 0) is 5.56 Å². The van der Waals surface area contributed by atoms with Crippen LogP contribution in [0.2, 0.25) is 0 Å². The highest BCUT2D eigenvalue weighted by Crippen LogP contribution is 2.38. The minimum atomic E-state index is 0.248. The van der Waals surface area contributed by atoms with Gasteiger partial charge in [-0.2, -0.15) is 0 Å². The van der Waals surface area contributed by atoms with Crippen molar-refractivity contribution >= 4 is 0 Å². The van der Waals surface area contributed by atoms with Crippen LogP contribution < -0.4 is 0 Å². The van der Waals surface area contributed by atoms with Crippen LogP contribution in [0.4, 0.5) is 0 Å². The molecule has 0 unspecified atom stereocenters. The highest BCUT2D eigenvalue weighted by atomic mass is 16.6. The van der Waals surface area contributed by atoms with Gasteiger partial charge in [-0.3, -0.25) is 0 Å². The molecule has 0 radical (unpaired) electrons. The lowest BCUT2D eigenvalue weighted by molar-refractivity contribution is 0.394. The minimum Gasteiger partial charge on any atom is -0.360 e. The van der Waals surface area contributed by atoms with Gasteiger partial charge in [0.25, 0.3) is 0 Å². The molecule has 11 heavy (non-hydrogen) atoms. The first kappa shape index (κ1) is 6.62. The lowest BCUT2D eigenvalue weighted by Crippen LogP contribution is -1.81. The van der Waals surface area contributed by atoms with Crippen molar-refractivity contribution in [1.29, 1.82) is 0 Å². The topological polar surface area (TPSA) is 12.5 Å². The average Bonchev–Trinajstić information content (AvgIpc) is 2.85. The monoisotopic (exact) mass is 146 g/mol. The SMILES string of the molecule is C=C[C@@H]1O[C@@H]1c1ccccc1. The fraction of sp³-hybridized carbons (Fsp3) is 0.200. The van der Waals surface area contributed by atoms with Crippen molar-refractivity contribution in [3.63, 3.8) is 0 Å². The van der Waals surface area contributed by atoms with Crippen LogP contribution in [0.5, 0.6) is 0 Å². The third kappa shape index (κ3) is 1.19. The molecule has 2 rings (SSSR count). The van der Waals surface area contributed by atoms with E-state index in [0.29, 0.717) is 0 Å². The first-order chi connectivity index (χ1) is 5.42. The van der Waals surface area contributed by atoms with Crippen LogP contribution in [0.15, 0.2) is 43.0 Å². The maximum Gasteiger partial charge on any atom is 0.113 e. The number of epoxide rings is 1. The molecule has 0 bridgehead atoms. The zero-order chi connectivity index (χ0) is 7.68. The van der Waals surface area contributed by atoms with Gasteiger partial charge in [-0.1, -0.05) is 36.4 Å². The Kier molecular flexibility index (Phi) is 1.51. The average molecular weight is 146 g/mol. The highest BCUT2D eigenvalue weighted by Gasteiger charge is 2.36. The molecule has 1 aliphatic rings. The van der Waals surface area contributed by atoms with Gasteiger partial charge in [0, 0.05) is 0 Å². The van der Waals surface area contributed by atoms with E-state index in [9.17, 15) is 0 Å². The fourth-order valence-electron chi connectivity index (χ4n) is 1.21. The molecule has 1 heteroatoms. The van der Waals surface area contributed by atoms with Gasteiger partial charge in [0.1, 0.15) is 12.2 Å². The molecule has 1 fully saturated rings. The molecular weight excluding hydrogens is 136 g/mol. The molecule has 1 saturated heterocycles. The van der Waals surface area contributed by atoms with E-state index in [0.717, 1.165) is 0 Å². The number of ether oxygens (including phenoxy) is 1. The van der Waals surface area contributed by atoms with Crippen LogP contribution in [0.25, 0.3) is 0 Å². The molecule has 1 aromatic rings. The molecule has 1 nitrogen and oxygen atoms in total. The van der Waals surface area contributed by atoms with Crippen molar-refractivity contribution in [3.8, 4) is 0 Å². The fourth-order valence-corrected chi connectivity index (χ4v) is 1.21. The van der Waals surface area contributed by atoms with Gasteiger partial charge in [-0.15, -0.1) is 6.58 Å². The van der Waals surface area contributed by atoms with Gasteiger partial charge in [0.15, 0.2) is 0 Å². The number of rotatable bonds is 2. The largest absolute Gasteiger partial charge is 0.360 e. The van der Waals surface area contributed by atoms with Crippen LogP contribution >= 0.6 is 0 Å². The standard InChI is InChI=1S/C10H10O/c1-2-9-10(11-9)8-6-4-3-5-7-8/h2-7,9-10H,1H2/t9-,10+/m0/s1. The molecule has 0 saturated carbocycles. The van der Waals surface area contributed by atoms with Crippen LogP contribution in [-0.4, -0.2) is 6.10 Å². The Labute approximate surface area is 66.3 Å². The van der Waals surface area contributed by atoms with Crippen molar-refractivity contribution in [2.75, 3.05) is 0 Å². The van der Waals surface area contributed by atoms with E-state index in [2.05, 4.69) is 18.7 Å². The first-order valence-electron chi connectivity index (χ1n) is 3.75. The molecule has 1 heterocycles. The smallest absolute Gasteiger partial charge is 0.113 e. The maximum atomic E-state index is 5.33. The van der Waals surface area contributed by atoms with Gasteiger partial charge in [0.2, 0.25) is 0 Å². The number of hydrogen-bond acceptors (Lipinski definition) is 1. The predicted molar refractivity (Wildman–Crippen MR) is 44.3 cm³/mol. The molecule has 1 aromatic carbocycles. The summed E-state index contributed by atoms with van der Waals surface area (Å²) >= 11 is 0. The lowest BCUT2D eigenvalue weighted by atomic mass is 10.1. The Morgan fingerprint density at radius 2 is 2.00 bits per heavy atom. The van der Waals surface area contributed by atoms with Crippen LogP contribution in [-0.2, 0) is 4.74 Å². The zero-order valence-electron chi connectivity index (χ0n) is 6.23. The normalized spacial score (nSPS) is 28.0. The summed E-state index contributed by atoms with van der Waals surface area (Å²) in [5.41, 5.74) is 1.25. The molecule has 0 amide bonds. The summed E-state index contributed by atoms with van der Waals surface area (Å²) in [6.45, 7) is 3.67. The summed E-state index contributed by atoms with van der Waals surface area (Å²) < 4.78 is 5.33. The van der Waals surface area contributed by atoms with Gasteiger partial charge >= 0.3 is 0 Å². The molecule has 0 N–H and O–H groups in total. The summed E-state index contributed by atoms with van der Waals surface area (Å²) in [5, 5.41) is 0. The third-order valence-corrected chi connectivity index (χ3v) is 1.89. The Balaban J connectivity index is 2.14. The minimum absolute atomic E-state index is 0.248. The van der Waals surface area contributed by atoms with Crippen LogP contribution in [0.3, 0.4) is 0 Å². The van der Waals surface area contributed by atoms with E-state index in [1.807, 2.05) is 24.3 Å². The lowest BCUT2D eigenvalue weighted by Gasteiger charge is -1.91. The van der Waals surface area contributed by atoms with Crippen molar-refractivity contribution in [2.24, 2.45) is 0 Å². The number of benzene rings is 1. The summed E-state index contributed by atoms with van der Waals surface area (Å²) in [7, 11) is 0.